The Morgan fingerprint density at radius 2 is 2.50 bits per heavy atom. The molecule has 1 saturated carbocycles. The largest absolute Gasteiger partial charge is 0.384 e. The van der Waals surface area contributed by atoms with Gasteiger partial charge in [0.15, 0.2) is 0 Å². The standard InChI is InChI=1S/C8H10N2/c9-8(10)6-3-1-2-5-4-7(5)6/h1-3,5,7H,4H2,(H3,9,10). The van der Waals surface area contributed by atoms with E-state index in [0.29, 0.717) is 11.8 Å². The predicted molar refractivity (Wildman–Crippen MR) is 40.7 cm³/mol. The second-order valence-electron chi connectivity index (χ2n) is 2.93. The smallest absolute Gasteiger partial charge is 0.118 e. The Balaban J connectivity index is 2.28. The normalized spacial score (nSPS) is 34.6. The average Bonchev–Trinajstić information content (AvgIpc) is 2.63. The first-order valence-electron chi connectivity index (χ1n) is 3.52. The van der Waals surface area contributed by atoms with E-state index in [4.69, 9.17) is 11.1 Å². The van der Waals surface area contributed by atoms with Crippen LogP contribution >= 0.6 is 0 Å². The van der Waals surface area contributed by atoms with E-state index in [-0.39, 0.29) is 5.84 Å². The van der Waals surface area contributed by atoms with Crippen molar-refractivity contribution in [1.82, 2.24) is 0 Å². The first-order valence-corrected chi connectivity index (χ1v) is 3.52. The van der Waals surface area contributed by atoms with E-state index in [1.807, 2.05) is 12.2 Å². The monoisotopic (exact) mass is 134 g/mol. The molecule has 0 saturated heterocycles. The Morgan fingerprint density at radius 3 is 3.10 bits per heavy atom. The molecule has 1 fully saturated rings. The summed E-state index contributed by atoms with van der Waals surface area (Å²) in [6.07, 6.45) is 7.35. The molecule has 2 aliphatic rings. The second kappa shape index (κ2) is 1.72. The minimum atomic E-state index is 0.247. The maximum atomic E-state index is 7.22. The Kier molecular flexibility index (Phi) is 0.982. The second-order valence-corrected chi connectivity index (χ2v) is 2.93. The fraction of sp³-hybridized carbons (Fsp3) is 0.375. The van der Waals surface area contributed by atoms with Gasteiger partial charge in [-0.2, -0.15) is 0 Å². The molecule has 0 bridgehead atoms. The van der Waals surface area contributed by atoms with Gasteiger partial charge in [-0.15, -0.1) is 0 Å². The van der Waals surface area contributed by atoms with Gasteiger partial charge in [0.05, 0.1) is 0 Å². The molecular weight excluding hydrogens is 124 g/mol. The predicted octanol–water partition coefficient (Wildman–Crippen LogP) is 1.05. The highest BCUT2D eigenvalue weighted by atomic mass is 14.7. The first kappa shape index (κ1) is 5.71. The van der Waals surface area contributed by atoms with Gasteiger partial charge in [-0.25, -0.2) is 0 Å². The quantitative estimate of drug-likeness (QED) is 0.409. The van der Waals surface area contributed by atoms with E-state index >= 15 is 0 Å². The SMILES string of the molecule is N=C(N)C1=CC=CC2CC12. The molecule has 2 unspecified atom stereocenters. The van der Waals surface area contributed by atoms with Gasteiger partial charge in [-0.05, 0) is 23.8 Å². The summed E-state index contributed by atoms with van der Waals surface area (Å²) in [5.41, 5.74) is 6.40. The van der Waals surface area contributed by atoms with Crippen LogP contribution in [0.25, 0.3) is 0 Å². The first-order chi connectivity index (χ1) is 4.79. The average molecular weight is 134 g/mol. The molecule has 10 heavy (non-hydrogen) atoms. The maximum absolute atomic E-state index is 7.22. The summed E-state index contributed by atoms with van der Waals surface area (Å²) in [6.45, 7) is 0. The lowest BCUT2D eigenvalue weighted by molar-refractivity contribution is 0.944. The zero-order chi connectivity index (χ0) is 7.14. The van der Waals surface area contributed by atoms with Crippen LogP contribution in [0.1, 0.15) is 6.42 Å². The molecule has 52 valence electrons. The van der Waals surface area contributed by atoms with Gasteiger partial charge in [-0.1, -0.05) is 18.2 Å². The maximum Gasteiger partial charge on any atom is 0.118 e. The summed E-state index contributed by atoms with van der Waals surface area (Å²) in [4.78, 5) is 0. The molecule has 2 nitrogen and oxygen atoms in total. The third kappa shape index (κ3) is 0.685. The zero-order valence-corrected chi connectivity index (χ0v) is 5.67. The van der Waals surface area contributed by atoms with Crippen LogP contribution in [-0.2, 0) is 0 Å². The highest BCUT2D eigenvalue weighted by Crippen LogP contribution is 2.47. The zero-order valence-electron chi connectivity index (χ0n) is 5.67. The summed E-state index contributed by atoms with van der Waals surface area (Å²) < 4.78 is 0. The Morgan fingerprint density at radius 1 is 1.70 bits per heavy atom. The number of rotatable bonds is 1. The van der Waals surface area contributed by atoms with Crippen LogP contribution in [-0.4, -0.2) is 5.84 Å². The van der Waals surface area contributed by atoms with E-state index in [9.17, 15) is 0 Å². The lowest BCUT2D eigenvalue weighted by atomic mass is 10.0. The van der Waals surface area contributed by atoms with Crippen molar-refractivity contribution < 1.29 is 0 Å². The highest BCUT2D eigenvalue weighted by molar-refractivity contribution is 5.96. The van der Waals surface area contributed by atoms with Crippen LogP contribution in [0.4, 0.5) is 0 Å². The van der Waals surface area contributed by atoms with E-state index in [1.165, 1.54) is 6.42 Å². The van der Waals surface area contributed by atoms with Crippen molar-refractivity contribution >= 4 is 5.84 Å². The lowest BCUT2D eigenvalue weighted by Crippen LogP contribution is -2.15. The molecule has 0 radical (unpaired) electrons. The Labute approximate surface area is 59.9 Å². The Bertz CT molecular complexity index is 238. The number of hydrogen-bond donors (Lipinski definition) is 2. The number of nitrogens with one attached hydrogen (secondary N) is 1. The van der Waals surface area contributed by atoms with Gasteiger partial charge in [0.1, 0.15) is 5.84 Å². The molecular formula is C8H10N2. The molecule has 0 spiro atoms. The molecule has 0 amide bonds. The molecule has 0 aromatic carbocycles. The fourth-order valence-electron chi connectivity index (χ4n) is 1.50. The number of amidine groups is 1. The van der Waals surface area contributed by atoms with E-state index < -0.39 is 0 Å². The van der Waals surface area contributed by atoms with Crippen molar-refractivity contribution in [3.8, 4) is 0 Å². The van der Waals surface area contributed by atoms with Gasteiger partial charge >= 0.3 is 0 Å². The van der Waals surface area contributed by atoms with Crippen LogP contribution in [0.15, 0.2) is 23.8 Å². The summed E-state index contributed by atoms with van der Waals surface area (Å²) in [5, 5.41) is 7.22. The van der Waals surface area contributed by atoms with E-state index in [0.717, 1.165) is 5.57 Å². The van der Waals surface area contributed by atoms with Gasteiger partial charge in [-0.3, -0.25) is 5.41 Å². The number of fused-ring (bicyclic) bond motifs is 1. The van der Waals surface area contributed by atoms with Crippen LogP contribution in [0, 0.1) is 17.2 Å². The summed E-state index contributed by atoms with van der Waals surface area (Å²) in [5.74, 6) is 1.53. The third-order valence-electron chi connectivity index (χ3n) is 2.18. The van der Waals surface area contributed by atoms with Gasteiger partial charge < -0.3 is 5.73 Å². The van der Waals surface area contributed by atoms with Crippen molar-refractivity contribution in [2.75, 3.05) is 0 Å². The molecule has 0 aliphatic heterocycles. The molecule has 0 aromatic rings. The van der Waals surface area contributed by atoms with Crippen molar-refractivity contribution in [3.63, 3.8) is 0 Å². The van der Waals surface area contributed by atoms with Crippen molar-refractivity contribution in [1.29, 1.82) is 5.41 Å². The number of nitrogens with two attached hydrogens (primary N) is 1. The van der Waals surface area contributed by atoms with Crippen molar-refractivity contribution in [3.05, 3.63) is 23.8 Å². The summed E-state index contributed by atoms with van der Waals surface area (Å²) >= 11 is 0. The van der Waals surface area contributed by atoms with Crippen LogP contribution in [0.2, 0.25) is 0 Å². The topological polar surface area (TPSA) is 49.9 Å². The number of allylic oxidation sites excluding steroid dienone is 3. The van der Waals surface area contributed by atoms with E-state index in [2.05, 4.69) is 6.08 Å². The molecule has 2 aliphatic carbocycles. The van der Waals surface area contributed by atoms with Gasteiger partial charge in [0, 0.05) is 0 Å². The fourth-order valence-corrected chi connectivity index (χ4v) is 1.50. The minimum Gasteiger partial charge on any atom is -0.384 e. The molecule has 0 heterocycles. The van der Waals surface area contributed by atoms with E-state index in [1.54, 1.807) is 0 Å². The van der Waals surface area contributed by atoms with Gasteiger partial charge in [0.25, 0.3) is 0 Å². The van der Waals surface area contributed by atoms with Crippen LogP contribution in [0.5, 0.6) is 0 Å². The molecule has 2 atom stereocenters. The van der Waals surface area contributed by atoms with Crippen LogP contribution < -0.4 is 5.73 Å². The summed E-state index contributed by atoms with van der Waals surface area (Å²) in [6, 6.07) is 0. The molecule has 3 N–H and O–H groups in total. The minimum absolute atomic E-state index is 0.247. The third-order valence-corrected chi connectivity index (χ3v) is 2.18. The van der Waals surface area contributed by atoms with Crippen molar-refractivity contribution in [2.45, 2.75) is 6.42 Å². The number of hydrogen-bond acceptors (Lipinski definition) is 1. The Hall–Kier alpha value is -1.05. The lowest BCUT2D eigenvalue weighted by Gasteiger charge is -2.04. The summed E-state index contributed by atoms with van der Waals surface area (Å²) in [7, 11) is 0. The highest BCUT2D eigenvalue weighted by Gasteiger charge is 2.39. The molecule has 0 aromatic heterocycles. The van der Waals surface area contributed by atoms with Crippen LogP contribution in [0.3, 0.4) is 0 Å². The van der Waals surface area contributed by atoms with Gasteiger partial charge in [0.2, 0.25) is 0 Å². The molecule has 2 rings (SSSR count). The van der Waals surface area contributed by atoms with Crippen molar-refractivity contribution in [2.24, 2.45) is 17.6 Å². The molecule has 2 heteroatoms.